The standard InChI is InChI=1S/C54H48N4OS/c1-32-13-10-14-33(29-32)50-55-51(57-52(56-50)41-19-11-17-39-38-16-5-7-22-45(38)60-48(39)41)40-18-12-21-44-46(40)54-28-25-34(31-54)47(49(54)59-44)58-42-20-6-4-15-36(42)37-24-23-35(30-43(37)58)53(2)26-8-3-9-27-53/h3-6,8-9,11-12,14-21,23-26,28,30,32,34,47,49,51H,7,10,13,22,27,29,31H2,1-2H3,(H,55,56,57). The molecule has 2 aromatic heterocycles. The molecule has 60 heavy (non-hydrogen) atoms. The predicted molar refractivity (Wildman–Crippen MR) is 249 cm³/mol. The third kappa shape index (κ3) is 4.97. The molecule has 7 aliphatic rings. The third-order valence-corrected chi connectivity index (χ3v) is 16.3. The van der Waals surface area contributed by atoms with Crippen molar-refractivity contribution in [1.82, 2.24) is 9.88 Å². The maximum atomic E-state index is 7.34. The molecule has 5 nitrogen and oxygen atoms in total. The van der Waals surface area contributed by atoms with Crippen LogP contribution in [0.5, 0.6) is 5.75 Å². The van der Waals surface area contributed by atoms with E-state index < -0.39 is 6.17 Å². The number of aryl methyl sites for hydroxylation is 1. The lowest BCUT2D eigenvalue weighted by Gasteiger charge is -2.33. The number of nitrogens with one attached hydrogen (secondary N) is 1. The van der Waals surface area contributed by atoms with Gasteiger partial charge >= 0.3 is 0 Å². The number of allylic oxidation sites excluding steroid dienone is 7. The molecule has 296 valence electrons. The van der Waals surface area contributed by atoms with Crippen molar-refractivity contribution in [1.29, 1.82) is 0 Å². The van der Waals surface area contributed by atoms with Gasteiger partial charge in [-0.3, -0.25) is 0 Å². The maximum Gasteiger partial charge on any atom is 0.170 e. The van der Waals surface area contributed by atoms with Crippen LogP contribution in [0.15, 0.2) is 143 Å². The molecule has 4 aromatic carbocycles. The largest absolute Gasteiger partial charge is 0.487 e. The lowest BCUT2D eigenvalue weighted by molar-refractivity contribution is 0.143. The molecule has 0 amide bonds. The fraction of sp³-hybridized carbons (Fsp3) is 0.296. The van der Waals surface area contributed by atoms with E-state index >= 15 is 0 Å². The van der Waals surface area contributed by atoms with E-state index in [0.29, 0.717) is 11.8 Å². The van der Waals surface area contributed by atoms with Crippen molar-refractivity contribution in [3.05, 3.63) is 166 Å². The molecule has 7 unspecified atom stereocenters. The second-order valence-electron chi connectivity index (χ2n) is 18.7. The number of fused-ring (bicyclic) bond motifs is 8. The first kappa shape index (κ1) is 35.1. The van der Waals surface area contributed by atoms with Gasteiger partial charge in [-0.05, 0) is 91.8 Å². The summed E-state index contributed by atoms with van der Waals surface area (Å²) in [6, 6.07) is 29.8. The predicted octanol–water partition coefficient (Wildman–Crippen LogP) is 12.8. The van der Waals surface area contributed by atoms with E-state index in [1.54, 1.807) is 0 Å². The highest BCUT2D eigenvalue weighted by Crippen LogP contribution is 2.64. The zero-order valence-electron chi connectivity index (χ0n) is 34.2. The number of aromatic nitrogens is 1. The minimum atomic E-state index is -0.397. The van der Waals surface area contributed by atoms with Crippen molar-refractivity contribution >= 4 is 61.0 Å². The Morgan fingerprint density at radius 3 is 2.67 bits per heavy atom. The van der Waals surface area contributed by atoms with Gasteiger partial charge in [-0.1, -0.05) is 123 Å². The van der Waals surface area contributed by atoms with Crippen molar-refractivity contribution < 1.29 is 4.74 Å². The molecule has 1 saturated carbocycles. The quantitative estimate of drug-likeness (QED) is 0.177. The number of amidine groups is 2. The van der Waals surface area contributed by atoms with Crippen LogP contribution in [0.4, 0.5) is 0 Å². The SMILES string of the molecule is CC1CCC=C(C2=NC(c3cccc4c3C35C=CC(C3)C(n3c6ccccc6c6ccc(C7(C)C=CC=CC7)cc63)C5O4)N=C(c3cccc4c5c(sc34)CCC=C5)N2)C1. The minimum absolute atomic E-state index is 0.0419. The number of hydrogen-bond acceptors (Lipinski definition) is 5. The van der Waals surface area contributed by atoms with Crippen molar-refractivity contribution in [3.63, 3.8) is 0 Å². The first-order valence-corrected chi connectivity index (χ1v) is 23.0. The van der Waals surface area contributed by atoms with Crippen LogP contribution in [-0.2, 0) is 17.3 Å². The van der Waals surface area contributed by atoms with Gasteiger partial charge < -0.3 is 14.6 Å². The van der Waals surface area contributed by atoms with Crippen LogP contribution in [0.25, 0.3) is 38.0 Å². The third-order valence-electron chi connectivity index (χ3n) is 15.0. The Hall–Kier alpha value is -5.72. The Kier molecular flexibility index (Phi) is 7.54. The number of benzene rings is 4. The summed E-state index contributed by atoms with van der Waals surface area (Å²) in [5, 5.41) is 7.78. The summed E-state index contributed by atoms with van der Waals surface area (Å²) >= 11 is 1.94. The lowest BCUT2D eigenvalue weighted by Crippen LogP contribution is -2.39. The topological polar surface area (TPSA) is 50.9 Å². The molecule has 4 heterocycles. The number of nitrogens with zero attached hydrogens (tertiary/aromatic N) is 3. The van der Waals surface area contributed by atoms with Gasteiger partial charge in [-0.25, -0.2) is 9.98 Å². The summed E-state index contributed by atoms with van der Waals surface area (Å²) in [5.74, 6) is 3.84. The van der Waals surface area contributed by atoms with Crippen molar-refractivity contribution in [2.75, 3.05) is 0 Å². The number of hydrogen-bond donors (Lipinski definition) is 1. The molecular weight excluding hydrogens is 753 g/mol. The van der Waals surface area contributed by atoms with E-state index in [4.69, 9.17) is 14.7 Å². The van der Waals surface area contributed by atoms with Gasteiger partial charge in [0.2, 0.25) is 0 Å². The summed E-state index contributed by atoms with van der Waals surface area (Å²) in [4.78, 5) is 12.6. The molecule has 2 bridgehead atoms. The van der Waals surface area contributed by atoms with Gasteiger partial charge in [-0.2, -0.15) is 0 Å². The maximum absolute atomic E-state index is 7.34. The number of ether oxygens (including phenoxy) is 1. The molecule has 6 aromatic rings. The molecule has 1 N–H and O–H groups in total. The van der Waals surface area contributed by atoms with Crippen LogP contribution in [0.2, 0.25) is 0 Å². The van der Waals surface area contributed by atoms with E-state index in [2.05, 4.69) is 157 Å². The Morgan fingerprint density at radius 2 is 1.75 bits per heavy atom. The van der Waals surface area contributed by atoms with Crippen LogP contribution in [0, 0.1) is 11.8 Å². The second kappa shape index (κ2) is 12.9. The van der Waals surface area contributed by atoms with Crippen molar-refractivity contribution in [2.45, 2.75) is 87.9 Å². The monoisotopic (exact) mass is 800 g/mol. The van der Waals surface area contributed by atoms with E-state index in [1.165, 1.54) is 71.0 Å². The highest BCUT2D eigenvalue weighted by atomic mass is 32.1. The van der Waals surface area contributed by atoms with Gasteiger partial charge in [0.25, 0.3) is 0 Å². The molecule has 1 spiro atoms. The smallest absolute Gasteiger partial charge is 0.170 e. The zero-order chi connectivity index (χ0) is 39.7. The molecule has 6 heteroatoms. The van der Waals surface area contributed by atoms with Gasteiger partial charge in [-0.15, -0.1) is 11.3 Å². The van der Waals surface area contributed by atoms with Crippen LogP contribution < -0.4 is 10.1 Å². The molecule has 2 aliphatic heterocycles. The normalized spacial score (nSPS) is 29.6. The summed E-state index contributed by atoms with van der Waals surface area (Å²) < 4.78 is 11.3. The molecule has 1 fully saturated rings. The Labute approximate surface area is 355 Å². The Bertz CT molecular complexity index is 3060. The molecular formula is C54H48N4OS. The molecule has 0 radical (unpaired) electrons. The average molecular weight is 801 g/mol. The number of aliphatic imine (C=N–C) groups is 2. The molecule has 5 aliphatic carbocycles. The molecule has 0 saturated heterocycles. The van der Waals surface area contributed by atoms with E-state index in [1.807, 2.05) is 11.3 Å². The number of rotatable bonds is 5. The second-order valence-corrected chi connectivity index (χ2v) is 19.8. The van der Waals surface area contributed by atoms with Crippen LogP contribution >= 0.6 is 11.3 Å². The first-order valence-electron chi connectivity index (χ1n) is 22.2. The summed E-state index contributed by atoms with van der Waals surface area (Å²) in [6.45, 7) is 4.74. The lowest BCUT2D eigenvalue weighted by atomic mass is 9.76. The Balaban J connectivity index is 0.954. The summed E-state index contributed by atoms with van der Waals surface area (Å²) in [6.07, 6.45) is 28.2. The van der Waals surface area contributed by atoms with Crippen LogP contribution in [-0.4, -0.2) is 22.3 Å². The van der Waals surface area contributed by atoms with Gasteiger partial charge in [0.15, 0.2) is 6.17 Å². The highest BCUT2D eigenvalue weighted by molar-refractivity contribution is 7.19. The van der Waals surface area contributed by atoms with Crippen molar-refractivity contribution in [2.24, 2.45) is 21.8 Å². The summed E-state index contributed by atoms with van der Waals surface area (Å²) in [5.41, 5.74) is 9.94. The highest BCUT2D eigenvalue weighted by Gasteiger charge is 2.63. The van der Waals surface area contributed by atoms with E-state index in [0.717, 1.165) is 61.5 Å². The zero-order valence-corrected chi connectivity index (χ0v) is 35.0. The van der Waals surface area contributed by atoms with Crippen molar-refractivity contribution in [3.8, 4) is 5.75 Å². The number of thiophene rings is 1. The van der Waals surface area contributed by atoms with E-state index in [9.17, 15) is 0 Å². The van der Waals surface area contributed by atoms with Crippen LogP contribution in [0.3, 0.4) is 0 Å². The van der Waals surface area contributed by atoms with E-state index in [-0.39, 0.29) is 23.0 Å². The average Bonchev–Trinajstić information content (AvgIpc) is 4.10. The molecule has 7 atom stereocenters. The van der Waals surface area contributed by atoms with Gasteiger partial charge in [0.05, 0.1) is 11.5 Å². The Morgan fingerprint density at radius 1 is 0.867 bits per heavy atom. The fourth-order valence-corrected chi connectivity index (χ4v) is 13.4. The van der Waals surface area contributed by atoms with Gasteiger partial charge in [0.1, 0.15) is 23.5 Å². The minimum Gasteiger partial charge on any atom is -0.487 e. The summed E-state index contributed by atoms with van der Waals surface area (Å²) in [7, 11) is 0. The first-order chi connectivity index (χ1) is 29.5. The fourth-order valence-electron chi connectivity index (χ4n) is 12.1. The van der Waals surface area contributed by atoms with Crippen LogP contribution in [0.1, 0.15) is 97.3 Å². The molecule has 13 rings (SSSR count). The number of para-hydroxylation sites is 1. The van der Waals surface area contributed by atoms with Gasteiger partial charge in [0, 0.05) is 64.8 Å².